The maximum Gasteiger partial charge on any atom is 0.311 e. The van der Waals surface area contributed by atoms with Gasteiger partial charge in [0.2, 0.25) is 5.91 Å². The van der Waals surface area contributed by atoms with E-state index in [-0.39, 0.29) is 29.6 Å². The van der Waals surface area contributed by atoms with Crippen LogP contribution in [0.3, 0.4) is 0 Å². The molecule has 2 atom stereocenters. The minimum Gasteiger partial charge on any atom is -0.481 e. The highest BCUT2D eigenvalue weighted by molar-refractivity contribution is 5.79. The van der Waals surface area contributed by atoms with Gasteiger partial charge in [0.15, 0.2) is 0 Å². The molecule has 0 bridgehead atoms. The van der Waals surface area contributed by atoms with Crippen LogP contribution in [0.4, 0.5) is 4.39 Å². The number of halogens is 1. The highest BCUT2D eigenvalue weighted by Crippen LogP contribution is 2.48. The third-order valence-corrected chi connectivity index (χ3v) is 7.38. The third-order valence-electron chi connectivity index (χ3n) is 7.38. The molecule has 28 heavy (non-hydrogen) atoms. The Hall–Kier alpha value is -1.95. The van der Waals surface area contributed by atoms with Crippen LogP contribution in [-0.2, 0) is 15.0 Å². The van der Waals surface area contributed by atoms with Gasteiger partial charge in [-0.25, -0.2) is 4.39 Å². The van der Waals surface area contributed by atoms with Crippen molar-refractivity contribution in [2.24, 2.45) is 11.3 Å². The van der Waals surface area contributed by atoms with E-state index in [0.717, 1.165) is 50.5 Å². The van der Waals surface area contributed by atoms with E-state index in [1.807, 2.05) is 17.0 Å². The fourth-order valence-corrected chi connectivity index (χ4v) is 5.81. The Morgan fingerprint density at radius 2 is 1.86 bits per heavy atom. The lowest BCUT2D eigenvalue weighted by Crippen LogP contribution is -2.44. The van der Waals surface area contributed by atoms with Crippen LogP contribution in [0.1, 0.15) is 50.5 Å². The molecule has 2 aliphatic carbocycles. The molecule has 4 rings (SSSR count). The zero-order chi connectivity index (χ0) is 19.8. The predicted octanol–water partition coefficient (Wildman–Crippen LogP) is 2.94. The number of rotatable bonds is 6. The average Bonchev–Trinajstić information content (AvgIpc) is 3.35. The number of benzene rings is 1. The Kier molecular flexibility index (Phi) is 5.17. The molecule has 2 N–H and O–H groups in total. The zero-order valence-corrected chi connectivity index (χ0v) is 16.3. The SMILES string of the molecule is O=C(CN1C[C@@H]2CCC[C@@]2(C(=O)O)C1)NCC1(c2ccc(F)cc2)CCCC1. The molecule has 3 fully saturated rings. The lowest BCUT2D eigenvalue weighted by atomic mass is 9.79. The number of aliphatic carboxylic acids is 1. The maximum atomic E-state index is 13.3. The minimum atomic E-state index is -0.709. The van der Waals surface area contributed by atoms with E-state index < -0.39 is 11.4 Å². The number of nitrogens with zero attached hydrogens (tertiary/aromatic N) is 1. The minimum absolute atomic E-state index is 0.0473. The molecule has 2 saturated carbocycles. The fraction of sp³-hybridized carbons (Fsp3) is 0.636. The van der Waals surface area contributed by atoms with E-state index in [2.05, 4.69) is 5.32 Å². The van der Waals surface area contributed by atoms with Crippen molar-refractivity contribution in [3.8, 4) is 0 Å². The first-order valence-corrected chi connectivity index (χ1v) is 10.4. The number of amides is 1. The van der Waals surface area contributed by atoms with Crippen LogP contribution >= 0.6 is 0 Å². The summed E-state index contributed by atoms with van der Waals surface area (Å²) in [7, 11) is 0. The van der Waals surface area contributed by atoms with E-state index in [1.54, 1.807) is 0 Å². The molecule has 3 aliphatic rings. The molecule has 1 aromatic rings. The second-order valence-corrected chi connectivity index (χ2v) is 8.99. The predicted molar refractivity (Wildman–Crippen MR) is 103 cm³/mol. The molecule has 1 heterocycles. The molecule has 0 aromatic heterocycles. The maximum absolute atomic E-state index is 13.3. The molecule has 0 spiro atoms. The lowest BCUT2D eigenvalue weighted by molar-refractivity contribution is -0.149. The second-order valence-electron chi connectivity index (χ2n) is 8.99. The van der Waals surface area contributed by atoms with Gasteiger partial charge in [-0.2, -0.15) is 0 Å². The van der Waals surface area contributed by atoms with Crippen LogP contribution in [0.5, 0.6) is 0 Å². The summed E-state index contributed by atoms with van der Waals surface area (Å²) >= 11 is 0. The van der Waals surface area contributed by atoms with Gasteiger partial charge in [0.25, 0.3) is 0 Å². The van der Waals surface area contributed by atoms with Crippen molar-refractivity contribution in [2.45, 2.75) is 50.4 Å². The van der Waals surface area contributed by atoms with Gasteiger partial charge in [-0.05, 0) is 49.3 Å². The first kappa shape index (κ1) is 19.4. The summed E-state index contributed by atoms with van der Waals surface area (Å²) in [6.07, 6.45) is 6.85. The molecule has 1 aliphatic heterocycles. The number of nitrogens with one attached hydrogen (secondary N) is 1. The normalized spacial score (nSPS) is 29.0. The summed E-state index contributed by atoms with van der Waals surface area (Å²) < 4.78 is 13.3. The highest BCUT2D eigenvalue weighted by Gasteiger charge is 2.54. The van der Waals surface area contributed by atoms with Crippen molar-refractivity contribution in [2.75, 3.05) is 26.2 Å². The third kappa shape index (κ3) is 3.43. The van der Waals surface area contributed by atoms with Crippen molar-refractivity contribution in [1.29, 1.82) is 0 Å². The first-order chi connectivity index (χ1) is 13.4. The van der Waals surface area contributed by atoms with E-state index in [0.29, 0.717) is 19.6 Å². The summed E-state index contributed by atoms with van der Waals surface area (Å²) in [5.41, 5.74) is 0.320. The van der Waals surface area contributed by atoms with Gasteiger partial charge < -0.3 is 10.4 Å². The molecule has 1 aromatic carbocycles. The Labute approximate surface area is 165 Å². The Morgan fingerprint density at radius 1 is 1.14 bits per heavy atom. The van der Waals surface area contributed by atoms with Crippen LogP contribution in [0.15, 0.2) is 24.3 Å². The van der Waals surface area contributed by atoms with E-state index in [4.69, 9.17) is 0 Å². The Balaban J connectivity index is 1.36. The second kappa shape index (κ2) is 7.47. The highest BCUT2D eigenvalue weighted by atomic mass is 19.1. The topological polar surface area (TPSA) is 69.6 Å². The quantitative estimate of drug-likeness (QED) is 0.786. The van der Waals surface area contributed by atoms with Crippen molar-refractivity contribution < 1.29 is 19.1 Å². The van der Waals surface area contributed by atoms with Crippen LogP contribution in [0, 0.1) is 17.2 Å². The molecule has 0 radical (unpaired) electrons. The molecule has 1 amide bonds. The molecule has 0 unspecified atom stereocenters. The lowest BCUT2D eigenvalue weighted by Gasteiger charge is -2.30. The molecular weight excluding hydrogens is 359 g/mol. The number of carboxylic acids is 1. The van der Waals surface area contributed by atoms with Gasteiger partial charge in [0.1, 0.15) is 5.82 Å². The van der Waals surface area contributed by atoms with Gasteiger partial charge in [-0.15, -0.1) is 0 Å². The van der Waals surface area contributed by atoms with Gasteiger partial charge in [0.05, 0.1) is 12.0 Å². The van der Waals surface area contributed by atoms with Gasteiger partial charge in [-0.3, -0.25) is 14.5 Å². The van der Waals surface area contributed by atoms with Crippen molar-refractivity contribution >= 4 is 11.9 Å². The summed E-state index contributed by atoms with van der Waals surface area (Å²) in [5, 5.41) is 12.8. The van der Waals surface area contributed by atoms with Gasteiger partial charge in [0, 0.05) is 25.0 Å². The smallest absolute Gasteiger partial charge is 0.311 e. The van der Waals surface area contributed by atoms with Crippen LogP contribution in [-0.4, -0.2) is 48.1 Å². The summed E-state index contributed by atoms with van der Waals surface area (Å²) in [6.45, 7) is 1.98. The average molecular weight is 388 g/mol. The Morgan fingerprint density at radius 3 is 2.50 bits per heavy atom. The number of carbonyl (C=O) groups is 2. The van der Waals surface area contributed by atoms with Crippen LogP contribution in [0.25, 0.3) is 0 Å². The fourth-order valence-electron chi connectivity index (χ4n) is 5.81. The van der Waals surface area contributed by atoms with Gasteiger partial charge >= 0.3 is 5.97 Å². The van der Waals surface area contributed by atoms with E-state index >= 15 is 0 Å². The van der Waals surface area contributed by atoms with Crippen LogP contribution in [0.2, 0.25) is 0 Å². The van der Waals surface area contributed by atoms with Crippen LogP contribution < -0.4 is 5.32 Å². The molecule has 1 saturated heterocycles. The van der Waals surface area contributed by atoms with Crippen molar-refractivity contribution in [3.05, 3.63) is 35.6 Å². The summed E-state index contributed by atoms with van der Waals surface area (Å²) in [6, 6.07) is 6.66. The molecule has 5 nitrogen and oxygen atoms in total. The first-order valence-electron chi connectivity index (χ1n) is 10.4. The standard InChI is InChI=1S/C22H29FN2O3/c23-18-7-5-16(6-8-18)21(9-1-2-10-21)14-24-19(26)13-25-12-17-4-3-11-22(17,15-25)20(27)28/h5-8,17H,1-4,9-15H2,(H,24,26)(H,27,28)/t17-,22+/m0/s1. The Bertz CT molecular complexity index is 745. The number of hydrogen-bond donors (Lipinski definition) is 2. The summed E-state index contributed by atoms with van der Waals surface area (Å²) in [5.74, 6) is -0.834. The molecule has 152 valence electrons. The number of carbonyl (C=O) groups excluding carboxylic acids is 1. The van der Waals surface area contributed by atoms with E-state index in [9.17, 15) is 19.1 Å². The zero-order valence-electron chi connectivity index (χ0n) is 16.3. The van der Waals surface area contributed by atoms with Gasteiger partial charge in [-0.1, -0.05) is 31.4 Å². The van der Waals surface area contributed by atoms with Crippen molar-refractivity contribution in [1.82, 2.24) is 10.2 Å². The number of likely N-dealkylation sites (tertiary alicyclic amines) is 1. The summed E-state index contributed by atoms with van der Waals surface area (Å²) in [4.78, 5) is 26.4. The largest absolute Gasteiger partial charge is 0.481 e. The number of fused-ring (bicyclic) bond motifs is 1. The molecule has 6 heteroatoms. The number of carboxylic acid groups (broad SMARTS) is 1. The van der Waals surface area contributed by atoms with Crippen molar-refractivity contribution in [3.63, 3.8) is 0 Å². The number of hydrogen-bond acceptors (Lipinski definition) is 3. The molecular formula is C22H29FN2O3. The monoisotopic (exact) mass is 388 g/mol. The van der Waals surface area contributed by atoms with E-state index in [1.165, 1.54) is 12.1 Å².